The summed E-state index contributed by atoms with van der Waals surface area (Å²) >= 11 is 0. The molecular weight excluding hydrogens is 328 g/mol. The van der Waals surface area contributed by atoms with Gasteiger partial charge in [0.05, 0.1) is 12.5 Å². The second kappa shape index (κ2) is 8.09. The Morgan fingerprint density at radius 1 is 1.16 bits per heavy atom. The highest BCUT2D eigenvalue weighted by Gasteiger charge is 2.50. The predicted molar refractivity (Wildman–Crippen MR) is 89.2 cm³/mol. The topological polar surface area (TPSA) is 142 Å². The van der Waals surface area contributed by atoms with Gasteiger partial charge in [-0.3, -0.25) is 4.79 Å². The number of carbonyl (C=O) groups excluding carboxylic acids is 2. The first-order valence-corrected chi connectivity index (χ1v) is 7.67. The van der Waals surface area contributed by atoms with Crippen molar-refractivity contribution in [3.05, 3.63) is 35.9 Å². The van der Waals surface area contributed by atoms with E-state index in [1.807, 2.05) is 0 Å². The highest BCUT2D eigenvalue weighted by Crippen LogP contribution is 2.16. The summed E-state index contributed by atoms with van der Waals surface area (Å²) in [6, 6.07) is 7.16. The third-order valence-electron chi connectivity index (χ3n) is 3.30. The standard InChI is InChI=1S/C17H24N2O6/c1-16(2,3)25-13(20)9-12(18)17(19,14(21)22)15(23)24-10-11-7-5-4-6-8-11/h4-8,12H,9-10,18-19H2,1-3H3,(H,21,22). The Labute approximate surface area is 146 Å². The van der Waals surface area contributed by atoms with Crippen LogP contribution in [0.15, 0.2) is 30.3 Å². The van der Waals surface area contributed by atoms with Crippen molar-refractivity contribution in [3.8, 4) is 0 Å². The number of ether oxygens (including phenoxy) is 2. The summed E-state index contributed by atoms with van der Waals surface area (Å²) in [6.45, 7) is 4.79. The summed E-state index contributed by atoms with van der Waals surface area (Å²) in [4.78, 5) is 35.6. The first-order chi connectivity index (χ1) is 11.5. The van der Waals surface area contributed by atoms with E-state index in [0.29, 0.717) is 5.56 Å². The Hall–Kier alpha value is -2.45. The maximum atomic E-state index is 12.2. The van der Waals surface area contributed by atoms with Crippen molar-refractivity contribution in [2.24, 2.45) is 11.5 Å². The number of carbonyl (C=O) groups is 3. The summed E-state index contributed by atoms with van der Waals surface area (Å²) < 4.78 is 10.1. The molecule has 1 aromatic rings. The lowest BCUT2D eigenvalue weighted by Gasteiger charge is -2.29. The largest absolute Gasteiger partial charge is 0.479 e. The molecule has 0 aliphatic rings. The lowest BCUT2D eigenvalue weighted by Crippen LogP contribution is -2.67. The van der Waals surface area contributed by atoms with Crippen molar-refractivity contribution >= 4 is 17.9 Å². The first kappa shape index (κ1) is 20.6. The molecule has 0 aliphatic carbocycles. The quantitative estimate of drug-likeness (QED) is 0.477. The molecule has 0 aromatic heterocycles. The van der Waals surface area contributed by atoms with Crippen molar-refractivity contribution in [1.29, 1.82) is 0 Å². The minimum absolute atomic E-state index is 0.162. The number of hydrogen-bond donors (Lipinski definition) is 3. The van der Waals surface area contributed by atoms with Gasteiger partial charge in [0.2, 0.25) is 5.54 Å². The highest BCUT2D eigenvalue weighted by molar-refractivity contribution is 6.05. The van der Waals surface area contributed by atoms with Gasteiger partial charge in [0.25, 0.3) is 0 Å². The molecule has 0 heterocycles. The van der Waals surface area contributed by atoms with Gasteiger partial charge in [-0.05, 0) is 26.3 Å². The van der Waals surface area contributed by atoms with Crippen LogP contribution in [0, 0.1) is 0 Å². The molecule has 0 saturated heterocycles. The fourth-order valence-electron chi connectivity index (χ4n) is 1.96. The van der Waals surface area contributed by atoms with Crippen LogP contribution in [0.5, 0.6) is 0 Å². The zero-order chi connectivity index (χ0) is 19.3. The normalized spacial score (nSPS) is 14.9. The van der Waals surface area contributed by atoms with E-state index in [9.17, 15) is 19.5 Å². The maximum Gasteiger partial charge on any atom is 0.339 e. The SMILES string of the molecule is CC(C)(C)OC(=O)CC(N)C(N)(C(=O)O)C(=O)OCc1ccccc1. The van der Waals surface area contributed by atoms with Gasteiger partial charge in [-0.15, -0.1) is 0 Å². The van der Waals surface area contributed by atoms with E-state index in [2.05, 4.69) is 0 Å². The Kier molecular flexibility index (Phi) is 6.66. The molecule has 8 heteroatoms. The summed E-state index contributed by atoms with van der Waals surface area (Å²) in [5, 5.41) is 9.36. The number of benzene rings is 1. The van der Waals surface area contributed by atoms with Crippen LogP contribution in [0.4, 0.5) is 0 Å². The van der Waals surface area contributed by atoms with Gasteiger partial charge < -0.3 is 26.0 Å². The number of nitrogens with two attached hydrogens (primary N) is 2. The van der Waals surface area contributed by atoms with Gasteiger partial charge in [0.1, 0.15) is 12.2 Å². The fourth-order valence-corrected chi connectivity index (χ4v) is 1.96. The Morgan fingerprint density at radius 2 is 1.72 bits per heavy atom. The lowest BCUT2D eigenvalue weighted by atomic mass is 9.89. The number of esters is 2. The molecule has 2 atom stereocenters. The summed E-state index contributed by atoms with van der Waals surface area (Å²) in [7, 11) is 0. The van der Waals surface area contributed by atoms with E-state index in [0.717, 1.165) is 0 Å². The number of aliphatic carboxylic acids is 1. The summed E-state index contributed by atoms with van der Waals surface area (Å²) in [5.41, 5.74) is 8.75. The molecule has 1 aromatic carbocycles. The van der Waals surface area contributed by atoms with Crippen molar-refractivity contribution < 1.29 is 29.0 Å². The number of hydrogen-bond acceptors (Lipinski definition) is 7. The molecule has 1 rings (SSSR count). The predicted octanol–water partition coefficient (Wildman–Crippen LogP) is 0.571. The van der Waals surface area contributed by atoms with E-state index >= 15 is 0 Å². The molecule has 8 nitrogen and oxygen atoms in total. The molecular formula is C17H24N2O6. The Bertz CT molecular complexity index is 626. The van der Waals surface area contributed by atoms with Gasteiger partial charge in [0.15, 0.2) is 0 Å². The summed E-state index contributed by atoms with van der Waals surface area (Å²) in [5.74, 6) is -3.66. The Balaban J connectivity index is 2.81. The zero-order valence-electron chi connectivity index (χ0n) is 14.5. The molecule has 0 spiro atoms. The fraction of sp³-hybridized carbons (Fsp3) is 0.471. The van der Waals surface area contributed by atoms with Crippen LogP contribution in [0.2, 0.25) is 0 Å². The van der Waals surface area contributed by atoms with Gasteiger partial charge >= 0.3 is 17.9 Å². The van der Waals surface area contributed by atoms with E-state index in [-0.39, 0.29) is 6.61 Å². The van der Waals surface area contributed by atoms with E-state index < -0.39 is 41.5 Å². The van der Waals surface area contributed by atoms with Gasteiger partial charge in [-0.1, -0.05) is 30.3 Å². The molecule has 0 amide bonds. The number of carboxylic acid groups (broad SMARTS) is 1. The molecule has 2 unspecified atom stereocenters. The monoisotopic (exact) mass is 352 g/mol. The Morgan fingerprint density at radius 3 is 2.20 bits per heavy atom. The second-order valence-electron chi connectivity index (χ2n) is 6.63. The highest BCUT2D eigenvalue weighted by atomic mass is 16.6. The first-order valence-electron chi connectivity index (χ1n) is 7.67. The number of carboxylic acids is 1. The van der Waals surface area contributed by atoms with Crippen molar-refractivity contribution in [2.75, 3.05) is 0 Å². The lowest BCUT2D eigenvalue weighted by molar-refractivity contribution is -0.164. The zero-order valence-corrected chi connectivity index (χ0v) is 14.5. The van der Waals surface area contributed by atoms with Gasteiger partial charge in [-0.25, -0.2) is 9.59 Å². The van der Waals surface area contributed by atoms with Gasteiger partial charge in [0, 0.05) is 0 Å². The average molecular weight is 352 g/mol. The van der Waals surface area contributed by atoms with Crippen LogP contribution in [-0.2, 0) is 30.5 Å². The minimum atomic E-state index is -2.56. The van der Waals surface area contributed by atoms with Crippen LogP contribution in [0.3, 0.4) is 0 Å². The van der Waals surface area contributed by atoms with E-state index in [4.69, 9.17) is 20.9 Å². The van der Waals surface area contributed by atoms with E-state index in [1.54, 1.807) is 51.1 Å². The molecule has 0 saturated carbocycles. The van der Waals surface area contributed by atoms with Crippen molar-refractivity contribution in [3.63, 3.8) is 0 Å². The van der Waals surface area contributed by atoms with Crippen molar-refractivity contribution in [2.45, 2.75) is 51.0 Å². The molecule has 5 N–H and O–H groups in total. The smallest absolute Gasteiger partial charge is 0.339 e. The molecule has 138 valence electrons. The average Bonchev–Trinajstić information content (AvgIpc) is 2.50. The maximum absolute atomic E-state index is 12.2. The molecule has 0 bridgehead atoms. The third kappa shape index (κ3) is 5.84. The number of rotatable bonds is 7. The molecule has 0 fully saturated rings. The summed E-state index contributed by atoms with van der Waals surface area (Å²) in [6.07, 6.45) is -0.541. The van der Waals surface area contributed by atoms with Gasteiger partial charge in [-0.2, -0.15) is 0 Å². The molecule has 0 aliphatic heterocycles. The van der Waals surface area contributed by atoms with E-state index in [1.165, 1.54) is 0 Å². The third-order valence-corrected chi connectivity index (χ3v) is 3.30. The molecule has 25 heavy (non-hydrogen) atoms. The van der Waals surface area contributed by atoms with Crippen LogP contribution >= 0.6 is 0 Å². The van der Waals surface area contributed by atoms with Crippen LogP contribution in [0.1, 0.15) is 32.8 Å². The van der Waals surface area contributed by atoms with Crippen LogP contribution in [-0.4, -0.2) is 40.2 Å². The minimum Gasteiger partial charge on any atom is -0.479 e. The molecule has 0 radical (unpaired) electrons. The van der Waals surface area contributed by atoms with Crippen LogP contribution < -0.4 is 11.5 Å². The van der Waals surface area contributed by atoms with Crippen molar-refractivity contribution in [1.82, 2.24) is 0 Å². The van der Waals surface area contributed by atoms with Crippen LogP contribution in [0.25, 0.3) is 0 Å². The second-order valence-corrected chi connectivity index (χ2v) is 6.63.